The molecule has 0 saturated heterocycles. The minimum atomic E-state index is -0.501. The Labute approximate surface area is 102 Å². The average molecular weight is 239 g/mol. The third kappa shape index (κ3) is 2.35. The summed E-state index contributed by atoms with van der Waals surface area (Å²) in [7, 11) is 1.65. The molecule has 0 aromatic carbocycles. The normalized spacial score (nSPS) is 25.4. The Bertz CT molecular complexity index is 376. The third-order valence-corrected chi connectivity index (χ3v) is 3.77. The highest BCUT2D eigenvalue weighted by Gasteiger charge is 2.34. The zero-order chi connectivity index (χ0) is 12.5. The van der Waals surface area contributed by atoms with E-state index < -0.39 is 5.60 Å². The first-order valence-electron chi connectivity index (χ1n) is 6.17. The highest BCUT2D eigenvalue weighted by atomic mass is 16.5. The second kappa shape index (κ2) is 4.74. The number of hydrogen-bond donors (Lipinski definition) is 1. The number of aromatic nitrogens is 2. The lowest BCUT2D eigenvalue weighted by Gasteiger charge is -2.17. The molecule has 1 fully saturated rings. The van der Waals surface area contributed by atoms with E-state index in [9.17, 15) is 0 Å². The minimum Gasteiger partial charge on any atom is -0.371 e. The van der Waals surface area contributed by atoms with Gasteiger partial charge in [-0.15, -0.1) is 0 Å². The van der Waals surface area contributed by atoms with Crippen LogP contribution in [0.3, 0.4) is 0 Å². The molecule has 0 radical (unpaired) electrons. The molecule has 5 heteroatoms. The molecule has 0 amide bonds. The van der Waals surface area contributed by atoms with Crippen molar-refractivity contribution in [3.05, 3.63) is 11.7 Å². The van der Waals surface area contributed by atoms with E-state index in [-0.39, 0.29) is 0 Å². The fourth-order valence-corrected chi connectivity index (χ4v) is 2.37. The van der Waals surface area contributed by atoms with Crippen LogP contribution in [0.1, 0.15) is 50.7 Å². The summed E-state index contributed by atoms with van der Waals surface area (Å²) >= 11 is 0. The van der Waals surface area contributed by atoms with Gasteiger partial charge in [0.05, 0.1) is 0 Å². The van der Waals surface area contributed by atoms with Crippen molar-refractivity contribution in [1.82, 2.24) is 10.1 Å². The van der Waals surface area contributed by atoms with Crippen LogP contribution >= 0.6 is 0 Å². The maximum atomic E-state index is 5.77. The van der Waals surface area contributed by atoms with Gasteiger partial charge < -0.3 is 15.0 Å². The van der Waals surface area contributed by atoms with E-state index in [1.54, 1.807) is 7.11 Å². The fourth-order valence-electron chi connectivity index (χ4n) is 2.37. The molecule has 2 rings (SSSR count). The van der Waals surface area contributed by atoms with Crippen molar-refractivity contribution >= 4 is 0 Å². The Balaban J connectivity index is 2.18. The maximum Gasteiger partial charge on any atom is 0.230 e. The van der Waals surface area contributed by atoms with Crippen LogP contribution in [0.15, 0.2) is 4.52 Å². The van der Waals surface area contributed by atoms with Crippen molar-refractivity contribution < 1.29 is 9.26 Å². The van der Waals surface area contributed by atoms with Gasteiger partial charge >= 0.3 is 0 Å². The first-order chi connectivity index (χ1) is 8.08. The summed E-state index contributed by atoms with van der Waals surface area (Å²) in [5, 5.41) is 4.02. The Morgan fingerprint density at radius 2 is 2.24 bits per heavy atom. The van der Waals surface area contributed by atoms with Gasteiger partial charge in [0.1, 0.15) is 5.60 Å². The largest absolute Gasteiger partial charge is 0.371 e. The highest BCUT2D eigenvalue weighted by molar-refractivity contribution is 5.04. The van der Waals surface area contributed by atoms with Crippen LogP contribution in [0, 0.1) is 5.92 Å². The molecule has 1 saturated carbocycles. The van der Waals surface area contributed by atoms with E-state index in [1.165, 1.54) is 6.42 Å². The molecule has 0 bridgehead atoms. The Morgan fingerprint density at radius 3 is 2.88 bits per heavy atom. The lowest BCUT2D eigenvalue weighted by molar-refractivity contribution is 0.00973. The van der Waals surface area contributed by atoms with Crippen LogP contribution in [0.5, 0.6) is 0 Å². The molecule has 0 aliphatic heterocycles. The van der Waals surface area contributed by atoms with Gasteiger partial charge in [-0.3, -0.25) is 0 Å². The van der Waals surface area contributed by atoms with E-state index in [0.717, 1.165) is 18.7 Å². The van der Waals surface area contributed by atoms with Crippen molar-refractivity contribution in [3.63, 3.8) is 0 Å². The predicted molar refractivity (Wildman–Crippen MR) is 63.5 cm³/mol. The Morgan fingerprint density at radius 1 is 1.47 bits per heavy atom. The first-order valence-corrected chi connectivity index (χ1v) is 6.17. The minimum absolute atomic E-state index is 0.328. The molecular formula is C12H21N3O2. The zero-order valence-electron chi connectivity index (χ0n) is 10.8. The monoisotopic (exact) mass is 239 g/mol. The quantitative estimate of drug-likeness (QED) is 0.867. The lowest BCUT2D eigenvalue weighted by Crippen LogP contribution is -2.22. The van der Waals surface area contributed by atoms with E-state index >= 15 is 0 Å². The summed E-state index contributed by atoms with van der Waals surface area (Å²) in [6, 6.07) is 0. The van der Waals surface area contributed by atoms with Gasteiger partial charge in [-0.05, 0) is 39.2 Å². The van der Waals surface area contributed by atoms with Crippen molar-refractivity contribution in [3.8, 4) is 0 Å². The molecule has 1 aromatic rings. The maximum absolute atomic E-state index is 5.77. The summed E-state index contributed by atoms with van der Waals surface area (Å²) in [6.45, 7) is 4.55. The summed E-state index contributed by atoms with van der Waals surface area (Å²) in [4.78, 5) is 4.47. The molecule has 2 unspecified atom stereocenters. The molecule has 1 aromatic heterocycles. The summed E-state index contributed by atoms with van der Waals surface area (Å²) < 4.78 is 10.7. The Kier molecular flexibility index (Phi) is 3.49. The number of nitrogens with zero attached hydrogens (tertiary/aromatic N) is 2. The van der Waals surface area contributed by atoms with E-state index in [4.69, 9.17) is 15.0 Å². The van der Waals surface area contributed by atoms with Gasteiger partial charge in [-0.2, -0.15) is 4.98 Å². The molecule has 17 heavy (non-hydrogen) atoms. The van der Waals surface area contributed by atoms with Gasteiger partial charge in [0, 0.05) is 13.0 Å². The summed E-state index contributed by atoms with van der Waals surface area (Å²) in [5.74, 6) is 2.14. The standard InChI is InChI=1S/C12H21N3O2/c1-12(2,16-3)11-14-10(17-15-11)9-6-4-5-8(9)7-13/h8-9H,4-7,13H2,1-3H3. The average Bonchev–Trinajstić information content (AvgIpc) is 2.96. The van der Waals surface area contributed by atoms with Gasteiger partial charge in [0.2, 0.25) is 11.7 Å². The number of nitrogens with two attached hydrogens (primary N) is 1. The molecule has 1 heterocycles. The number of methoxy groups -OCH3 is 1. The van der Waals surface area contributed by atoms with Crippen LogP contribution in [0.4, 0.5) is 0 Å². The summed E-state index contributed by atoms with van der Waals surface area (Å²) in [5.41, 5.74) is 5.26. The summed E-state index contributed by atoms with van der Waals surface area (Å²) in [6.07, 6.45) is 3.45. The van der Waals surface area contributed by atoms with Gasteiger partial charge in [-0.1, -0.05) is 11.6 Å². The van der Waals surface area contributed by atoms with Crippen molar-refractivity contribution in [1.29, 1.82) is 0 Å². The third-order valence-electron chi connectivity index (χ3n) is 3.77. The van der Waals surface area contributed by atoms with Crippen LogP contribution in [0.2, 0.25) is 0 Å². The molecule has 1 aliphatic carbocycles. The van der Waals surface area contributed by atoms with Gasteiger partial charge in [0.15, 0.2) is 0 Å². The van der Waals surface area contributed by atoms with E-state index in [0.29, 0.717) is 24.2 Å². The number of hydrogen-bond acceptors (Lipinski definition) is 5. The Hall–Kier alpha value is -0.940. The number of ether oxygens (including phenoxy) is 1. The van der Waals surface area contributed by atoms with E-state index in [1.807, 2.05) is 13.8 Å². The van der Waals surface area contributed by atoms with Crippen molar-refractivity contribution in [2.24, 2.45) is 11.7 Å². The molecule has 2 atom stereocenters. The van der Waals surface area contributed by atoms with Crippen LogP contribution < -0.4 is 5.73 Å². The lowest BCUT2D eigenvalue weighted by atomic mass is 9.96. The van der Waals surface area contributed by atoms with E-state index in [2.05, 4.69) is 10.1 Å². The van der Waals surface area contributed by atoms with Crippen LogP contribution in [-0.4, -0.2) is 23.8 Å². The second-order valence-electron chi connectivity index (χ2n) is 5.20. The molecule has 5 nitrogen and oxygen atoms in total. The molecule has 1 aliphatic rings. The SMILES string of the molecule is COC(C)(C)c1noc(C2CCCC2CN)n1. The highest BCUT2D eigenvalue weighted by Crippen LogP contribution is 2.38. The first kappa shape index (κ1) is 12.5. The van der Waals surface area contributed by atoms with Crippen LogP contribution in [-0.2, 0) is 10.3 Å². The topological polar surface area (TPSA) is 74.2 Å². The fraction of sp³-hybridized carbons (Fsp3) is 0.833. The van der Waals surface area contributed by atoms with Gasteiger partial charge in [-0.25, -0.2) is 0 Å². The molecule has 96 valence electrons. The van der Waals surface area contributed by atoms with Crippen molar-refractivity contribution in [2.45, 2.75) is 44.6 Å². The smallest absolute Gasteiger partial charge is 0.230 e. The van der Waals surface area contributed by atoms with Gasteiger partial charge in [0.25, 0.3) is 0 Å². The predicted octanol–water partition coefficient (Wildman–Crippen LogP) is 1.79. The van der Waals surface area contributed by atoms with Crippen molar-refractivity contribution in [2.75, 3.05) is 13.7 Å². The zero-order valence-corrected chi connectivity index (χ0v) is 10.8. The number of rotatable bonds is 4. The molecule has 0 spiro atoms. The second-order valence-corrected chi connectivity index (χ2v) is 5.20. The molecular weight excluding hydrogens is 218 g/mol. The molecule has 2 N–H and O–H groups in total. The van der Waals surface area contributed by atoms with Crippen LogP contribution in [0.25, 0.3) is 0 Å².